The summed E-state index contributed by atoms with van der Waals surface area (Å²) in [5, 5.41) is 3.35. The van der Waals surface area contributed by atoms with Crippen LogP contribution in [0.5, 0.6) is 0 Å². The van der Waals surface area contributed by atoms with Crippen molar-refractivity contribution in [1.82, 2.24) is 9.88 Å². The summed E-state index contributed by atoms with van der Waals surface area (Å²) in [4.78, 5) is 19.0. The third-order valence-corrected chi connectivity index (χ3v) is 4.29. The molecule has 1 aromatic heterocycles. The molecule has 1 saturated heterocycles. The predicted octanol–water partition coefficient (Wildman–Crippen LogP) is 3.33. The second-order valence-electron chi connectivity index (χ2n) is 6.34. The Bertz CT molecular complexity index is 499. The van der Waals surface area contributed by atoms with Crippen LogP contribution in [0, 0.1) is 18.8 Å². The van der Waals surface area contributed by atoms with Crippen molar-refractivity contribution >= 4 is 11.6 Å². The van der Waals surface area contributed by atoms with Gasteiger partial charge in [-0.2, -0.15) is 0 Å². The number of aryl methyl sites for hydroxylation is 1. The Labute approximate surface area is 127 Å². The van der Waals surface area contributed by atoms with E-state index in [0.29, 0.717) is 17.4 Å². The smallest absolute Gasteiger partial charge is 0.257 e. The van der Waals surface area contributed by atoms with Gasteiger partial charge in [0.05, 0.1) is 11.3 Å². The molecule has 1 atom stereocenters. The van der Waals surface area contributed by atoms with E-state index in [4.69, 9.17) is 0 Å². The first-order chi connectivity index (χ1) is 10.0. The van der Waals surface area contributed by atoms with E-state index in [1.54, 1.807) is 6.20 Å². The SMILES string of the molecule is CCCNc1cc(C)ncc1C(=O)N1CCC(C(C)C)C1. The number of hydrogen-bond acceptors (Lipinski definition) is 3. The maximum absolute atomic E-state index is 12.8. The van der Waals surface area contributed by atoms with Gasteiger partial charge in [-0.05, 0) is 37.7 Å². The van der Waals surface area contributed by atoms with Crippen molar-refractivity contribution in [3.63, 3.8) is 0 Å². The number of amides is 1. The maximum Gasteiger partial charge on any atom is 0.257 e. The zero-order chi connectivity index (χ0) is 15.4. The third-order valence-electron chi connectivity index (χ3n) is 4.29. The molecule has 2 heterocycles. The summed E-state index contributed by atoms with van der Waals surface area (Å²) in [6.45, 7) is 11.2. The molecule has 1 N–H and O–H groups in total. The van der Waals surface area contributed by atoms with Crippen LogP contribution in [-0.2, 0) is 0 Å². The number of carbonyl (C=O) groups excluding carboxylic acids is 1. The first-order valence-electron chi connectivity index (χ1n) is 8.02. The average Bonchev–Trinajstić information content (AvgIpc) is 2.94. The Morgan fingerprint density at radius 3 is 2.90 bits per heavy atom. The number of hydrogen-bond donors (Lipinski definition) is 1. The monoisotopic (exact) mass is 289 g/mol. The van der Waals surface area contributed by atoms with Crippen molar-refractivity contribution < 1.29 is 4.79 Å². The quantitative estimate of drug-likeness (QED) is 0.904. The van der Waals surface area contributed by atoms with E-state index in [1.165, 1.54) is 0 Å². The second kappa shape index (κ2) is 6.92. The summed E-state index contributed by atoms with van der Waals surface area (Å²) in [5.41, 5.74) is 2.56. The first-order valence-corrected chi connectivity index (χ1v) is 8.02. The molecule has 1 fully saturated rings. The van der Waals surface area contributed by atoms with E-state index in [2.05, 4.69) is 31.1 Å². The van der Waals surface area contributed by atoms with Gasteiger partial charge in [0, 0.05) is 31.5 Å². The summed E-state index contributed by atoms with van der Waals surface area (Å²) in [6.07, 6.45) is 3.87. The molecule has 4 nitrogen and oxygen atoms in total. The van der Waals surface area contributed by atoms with Gasteiger partial charge in [-0.1, -0.05) is 20.8 Å². The summed E-state index contributed by atoms with van der Waals surface area (Å²) in [6, 6.07) is 1.97. The van der Waals surface area contributed by atoms with Crippen LogP contribution in [0.25, 0.3) is 0 Å². The van der Waals surface area contributed by atoms with Crippen LogP contribution in [0.3, 0.4) is 0 Å². The number of nitrogens with zero attached hydrogens (tertiary/aromatic N) is 2. The van der Waals surface area contributed by atoms with E-state index in [1.807, 2.05) is 17.9 Å². The fourth-order valence-electron chi connectivity index (χ4n) is 2.82. The van der Waals surface area contributed by atoms with Crippen molar-refractivity contribution in [2.75, 3.05) is 25.0 Å². The number of anilines is 1. The molecule has 0 bridgehead atoms. The van der Waals surface area contributed by atoms with Crippen LogP contribution in [0.2, 0.25) is 0 Å². The summed E-state index contributed by atoms with van der Waals surface area (Å²) in [7, 11) is 0. The summed E-state index contributed by atoms with van der Waals surface area (Å²) < 4.78 is 0. The lowest BCUT2D eigenvalue weighted by atomic mass is 9.95. The highest BCUT2D eigenvalue weighted by Crippen LogP contribution is 2.26. The molecule has 1 aliphatic rings. The minimum absolute atomic E-state index is 0.115. The van der Waals surface area contributed by atoms with Crippen LogP contribution >= 0.6 is 0 Å². The van der Waals surface area contributed by atoms with Crippen molar-refractivity contribution in [3.05, 3.63) is 23.5 Å². The van der Waals surface area contributed by atoms with E-state index in [0.717, 1.165) is 43.9 Å². The highest BCUT2D eigenvalue weighted by molar-refractivity contribution is 5.99. The lowest BCUT2D eigenvalue weighted by Crippen LogP contribution is -2.30. The second-order valence-corrected chi connectivity index (χ2v) is 6.34. The molecule has 0 aliphatic carbocycles. The highest BCUT2D eigenvalue weighted by atomic mass is 16.2. The summed E-state index contributed by atoms with van der Waals surface area (Å²) in [5.74, 6) is 1.38. The molecule has 0 saturated carbocycles. The Kier molecular flexibility index (Phi) is 5.21. The molecule has 1 aliphatic heterocycles. The molecule has 21 heavy (non-hydrogen) atoms. The molecule has 0 aromatic carbocycles. The van der Waals surface area contributed by atoms with Gasteiger partial charge >= 0.3 is 0 Å². The molecule has 0 radical (unpaired) electrons. The fourth-order valence-corrected chi connectivity index (χ4v) is 2.82. The average molecular weight is 289 g/mol. The van der Waals surface area contributed by atoms with E-state index >= 15 is 0 Å². The Morgan fingerprint density at radius 1 is 1.52 bits per heavy atom. The van der Waals surface area contributed by atoms with E-state index < -0.39 is 0 Å². The van der Waals surface area contributed by atoms with Crippen molar-refractivity contribution in [2.45, 2.75) is 40.5 Å². The van der Waals surface area contributed by atoms with Crippen molar-refractivity contribution in [1.29, 1.82) is 0 Å². The predicted molar refractivity (Wildman–Crippen MR) is 86.6 cm³/mol. The molecule has 0 spiro atoms. The lowest BCUT2D eigenvalue weighted by molar-refractivity contribution is 0.0784. The van der Waals surface area contributed by atoms with Gasteiger partial charge in [-0.25, -0.2) is 0 Å². The maximum atomic E-state index is 12.8. The number of rotatable bonds is 5. The zero-order valence-corrected chi connectivity index (χ0v) is 13.6. The zero-order valence-electron chi connectivity index (χ0n) is 13.6. The van der Waals surface area contributed by atoms with Crippen LogP contribution in [-0.4, -0.2) is 35.4 Å². The lowest BCUT2D eigenvalue weighted by Gasteiger charge is -2.20. The van der Waals surface area contributed by atoms with E-state index in [-0.39, 0.29) is 5.91 Å². The van der Waals surface area contributed by atoms with Gasteiger partial charge < -0.3 is 10.2 Å². The van der Waals surface area contributed by atoms with Gasteiger partial charge in [0.25, 0.3) is 5.91 Å². The van der Waals surface area contributed by atoms with Crippen LogP contribution in [0.15, 0.2) is 12.3 Å². The molecular weight excluding hydrogens is 262 g/mol. The van der Waals surface area contributed by atoms with Gasteiger partial charge in [0.15, 0.2) is 0 Å². The van der Waals surface area contributed by atoms with E-state index in [9.17, 15) is 4.79 Å². The van der Waals surface area contributed by atoms with Gasteiger partial charge in [0.2, 0.25) is 0 Å². The fraction of sp³-hybridized carbons (Fsp3) is 0.647. The van der Waals surface area contributed by atoms with Gasteiger partial charge in [0.1, 0.15) is 0 Å². The molecular formula is C17H27N3O. The van der Waals surface area contributed by atoms with Crippen LogP contribution < -0.4 is 5.32 Å². The molecule has 116 valence electrons. The van der Waals surface area contributed by atoms with Crippen molar-refractivity contribution in [3.8, 4) is 0 Å². The number of carbonyl (C=O) groups is 1. The van der Waals surface area contributed by atoms with Gasteiger partial charge in [-0.3, -0.25) is 9.78 Å². The number of pyridine rings is 1. The molecule has 2 rings (SSSR count). The topological polar surface area (TPSA) is 45.2 Å². The summed E-state index contributed by atoms with van der Waals surface area (Å²) >= 11 is 0. The minimum atomic E-state index is 0.115. The Hall–Kier alpha value is -1.58. The number of aromatic nitrogens is 1. The molecule has 1 unspecified atom stereocenters. The number of likely N-dealkylation sites (tertiary alicyclic amines) is 1. The molecule has 1 amide bonds. The first kappa shape index (κ1) is 15.8. The highest BCUT2D eigenvalue weighted by Gasteiger charge is 2.29. The van der Waals surface area contributed by atoms with Gasteiger partial charge in [-0.15, -0.1) is 0 Å². The van der Waals surface area contributed by atoms with Crippen LogP contribution in [0.1, 0.15) is 49.7 Å². The van der Waals surface area contributed by atoms with Crippen LogP contribution in [0.4, 0.5) is 5.69 Å². The molecule has 4 heteroatoms. The molecule has 1 aromatic rings. The Morgan fingerprint density at radius 2 is 2.29 bits per heavy atom. The minimum Gasteiger partial charge on any atom is -0.384 e. The number of nitrogens with one attached hydrogen (secondary N) is 1. The van der Waals surface area contributed by atoms with Crippen molar-refractivity contribution in [2.24, 2.45) is 11.8 Å². The third kappa shape index (κ3) is 3.74. The largest absolute Gasteiger partial charge is 0.384 e. The standard InChI is InChI=1S/C17H27N3O/c1-5-7-18-16-9-13(4)19-10-15(16)17(21)20-8-6-14(11-20)12(2)3/h9-10,12,14H,5-8,11H2,1-4H3,(H,18,19). The Balaban J connectivity index is 2.15. The normalized spacial score (nSPS) is 18.3.